The van der Waals surface area contributed by atoms with Crippen LogP contribution in [0.1, 0.15) is 25.3 Å². The molecule has 0 bridgehead atoms. The number of hydrogen-bond acceptors (Lipinski definition) is 5. The van der Waals surface area contributed by atoms with E-state index in [0.717, 1.165) is 16.5 Å². The molecule has 0 radical (unpaired) electrons. The second kappa shape index (κ2) is 9.18. The number of nitrogens with one attached hydrogen (secondary N) is 1. The van der Waals surface area contributed by atoms with E-state index in [-0.39, 0.29) is 25.9 Å². The van der Waals surface area contributed by atoms with Crippen molar-refractivity contribution in [2.75, 3.05) is 6.61 Å². The Hall–Kier alpha value is -2.87. The molecule has 0 aliphatic heterocycles. The molecule has 5 N–H and O–H groups in total. The van der Waals surface area contributed by atoms with Gasteiger partial charge in [0.25, 0.3) is 0 Å². The largest absolute Gasteiger partial charge is 0.464 e. The van der Waals surface area contributed by atoms with Crippen LogP contribution in [-0.2, 0) is 32.6 Å². The smallest absolute Gasteiger partial charge is 0.328 e. The predicted octanol–water partition coefficient (Wildman–Crippen LogP) is 0.362. The second-order valence-corrected chi connectivity index (χ2v) is 6.41. The molecule has 2 atom stereocenters. The monoisotopic (exact) mass is 374 g/mol. The van der Waals surface area contributed by atoms with Crippen molar-refractivity contribution in [1.82, 2.24) is 9.88 Å². The van der Waals surface area contributed by atoms with Gasteiger partial charge >= 0.3 is 5.97 Å². The Morgan fingerprint density at radius 1 is 1.26 bits per heavy atom. The molecule has 1 aromatic heterocycles. The quantitative estimate of drug-likeness (QED) is 0.546. The van der Waals surface area contributed by atoms with Gasteiger partial charge in [-0.15, -0.1) is 0 Å². The number of ether oxygens (including phenoxy) is 1. The fourth-order valence-corrected chi connectivity index (χ4v) is 2.95. The standard InChI is InChI=1S/C19H26N4O4/c1-3-27-19(26)15(22-18(25)14(20)8-9-17(21)24)10-12-11-23(2)16-7-5-4-6-13(12)16/h4-7,11,14-15H,3,8-10,20H2,1-2H3,(H2,21,24)(H,22,25). The number of benzene rings is 1. The molecular weight excluding hydrogens is 348 g/mol. The van der Waals surface area contributed by atoms with E-state index in [2.05, 4.69) is 5.32 Å². The minimum Gasteiger partial charge on any atom is -0.464 e. The summed E-state index contributed by atoms with van der Waals surface area (Å²) < 4.78 is 7.06. The average molecular weight is 374 g/mol. The summed E-state index contributed by atoms with van der Waals surface area (Å²) in [5, 5.41) is 3.65. The van der Waals surface area contributed by atoms with Gasteiger partial charge in [-0.3, -0.25) is 9.59 Å². The molecule has 8 heteroatoms. The number of rotatable bonds is 9. The number of nitrogens with zero attached hydrogens (tertiary/aromatic N) is 1. The maximum atomic E-state index is 12.4. The second-order valence-electron chi connectivity index (χ2n) is 6.41. The third-order valence-corrected chi connectivity index (χ3v) is 4.33. The molecule has 1 heterocycles. The number of hydrogen-bond donors (Lipinski definition) is 3. The lowest BCUT2D eigenvalue weighted by molar-refractivity contribution is -0.147. The summed E-state index contributed by atoms with van der Waals surface area (Å²) in [4.78, 5) is 35.6. The molecule has 0 spiro atoms. The van der Waals surface area contributed by atoms with Crippen LogP contribution in [-0.4, -0.2) is 41.0 Å². The molecule has 27 heavy (non-hydrogen) atoms. The van der Waals surface area contributed by atoms with Crippen LogP contribution in [0.3, 0.4) is 0 Å². The number of amides is 2. The van der Waals surface area contributed by atoms with Crippen LogP contribution in [0, 0.1) is 0 Å². The molecule has 0 saturated carbocycles. The molecule has 1 aromatic carbocycles. The summed E-state index contributed by atoms with van der Waals surface area (Å²) in [5.41, 5.74) is 12.8. The highest BCUT2D eigenvalue weighted by Crippen LogP contribution is 2.21. The summed E-state index contributed by atoms with van der Waals surface area (Å²) in [6, 6.07) is 6.01. The minimum absolute atomic E-state index is 0.00197. The molecule has 0 fully saturated rings. The van der Waals surface area contributed by atoms with Crippen molar-refractivity contribution >= 4 is 28.7 Å². The lowest BCUT2D eigenvalue weighted by atomic mass is 10.0. The van der Waals surface area contributed by atoms with Gasteiger partial charge in [0.1, 0.15) is 6.04 Å². The van der Waals surface area contributed by atoms with Gasteiger partial charge < -0.3 is 26.1 Å². The van der Waals surface area contributed by atoms with E-state index in [4.69, 9.17) is 16.2 Å². The van der Waals surface area contributed by atoms with Gasteiger partial charge in [-0.2, -0.15) is 0 Å². The predicted molar refractivity (Wildman–Crippen MR) is 102 cm³/mol. The van der Waals surface area contributed by atoms with E-state index >= 15 is 0 Å². The summed E-state index contributed by atoms with van der Waals surface area (Å²) in [6.45, 7) is 1.90. The Morgan fingerprint density at radius 3 is 2.63 bits per heavy atom. The molecule has 2 amide bonds. The Kier molecular flexibility index (Phi) is 6.95. The number of carbonyl (C=O) groups is 3. The summed E-state index contributed by atoms with van der Waals surface area (Å²) in [7, 11) is 1.92. The SMILES string of the molecule is CCOC(=O)C(Cc1cn(C)c2ccccc12)NC(=O)C(N)CCC(N)=O. The molecule has 2 unspecified atom stereocenters. The van der Waals surface area contributed by atoms with Crippen molar-refractivity contribution in [2.24, 2.45) is 18.5 Å². The molecular formula is C19H26N4O4. The van der Waals surface area contributed by atoms with Gasteiger partial charge in [0.15, 0.2) is 0 Å². The third-order valence-electron chi connectivity index (χ3n) is 4.33. The molecule has 2 rings (SSSR count). The van der Waals surface area contributed by atoms with Gasteiger partial charge in [0, 0.05) is 37.0 Å². The van der Waals surface area contributed by atoms with Crippen LogP contribution >= 0.6 is 0 Å². The number of primary amides is 1. The number of carbonyl (C=O) groups excluding carboxylic acids is 3. The zero-order valence-corrected chi connectivity index (χ0v) is 15.6. The number of fused-ring (bicyclic) bond motifs is 1. The molecule has 0 saturated heterocycles. The summed E-state index contributed by atoms with van der Waals surface area (Å²) >= 11 is 0. The number of aromatic nitrogens is 1. The van der Waals surface area contributed by atoms with E-state index in [0.29, 0.717) is 0 Å². The molecule has 0 aliphatic carbocycles. The summed E-state index contributed by atoms with van der Waals surface area (Å²) in [6.07, 6.45) is 2.32. The van der Waals surface area contributed by atoms with E-state index in [9.17, 15) is 14.4 Å². The first kappa shape index (κ1) is 20.4. The van der Waals surface area contributed by atoms with Gasteiger partial charge in [-0.1, -0.05) is 18.2 Å². The Bertz CT molecular complexity index is 830. The minimum atomic E-state index is -0.929. The molecule has 0 aliphatic rings. The lowest BCUT2D eigenvalue weighted by Gasteiger charge is -2.19. The molecule has 146 valence electrons. The normalized spacial score (nSPS) is 13.1. The average Bonchev–Trinajstić information content (AvgIpc) is 2.95. The topological polar surface area (TPSA) is 129 Å². The maximum absolute atomic E-state index is 12.4. The van der Waals surface area contributed by atoms with E-state index in [1.165, 1.54) is 0 Å². The first-order valence-corrected chi connectivity index (χ1v) is 8.87. The molecule has 2 aromatic rings. The first-order chi connectivity index (χ1) is 12.8. The number of nitrogens with two attached hydrogens (primary N) is 2. The van der Waals surface area contributed by atoms with Crippen molar-refractivity contribution in [2.45, 2.75) is 38.3 Å². The zero-order chi connectivity index (χ0) is 20.0. The van der Waals surface area contributed by atoms with Crippen LogP contribution in [0.25, 0.3) is 10.9 Å². The van der Waals surface area contributed by atoms with Crippen LogP contribution in [0.5, 0.6) is 0 Å². The van der Waals surface area contributed by atoms with E-state index in [1.807, 2.05) is 42.1 Å². The number of aryl methyl sites for hydroxylation is 1. The van der Waals surface area contributed by atoms with E-state index < -0.39 is 29.9 Å². The highest BCUT2D eigenvalue weighted by atomic mass is 16.5. The van der Waals surface area contributed by atoms with Crippen LogP contribution in [0.2, 0.25) is 0 Å². The van der Waals surface area contributed by atoms with Crippen molar-refractivity contribution in [3.05, 3.63) is 36.0 Å². The van der Waals surface area contributed by atoms with E-state index in [1.54, 1.807) is 6.92 Å². The fourth-order valence-electron chi connectivity index (χ4n) is 2.95. The summed E-state index contributed by atoms with van der Waals surface area (Å²) in [5.74, 6) is -1.58. The van der Waals surface area contributed by atoms with Crippen molar-refractivity contribution in [3.63, 3.8) is 0 Å². The highest BCUT2D eigenvalue weighted by molar-refractivity contribution is 5.89. The van der Waals surface area contributed by atoms with Gasteiger partial charge in [0.05, 0.1) is 12.6 Å². The fraction of sp³-hybridized carbons (Fsp3) is 0.421. The van der Waals surface area contributed by atoms with Crippen molar-refractivity contribution in [3.8, 4) is 0 Å². The highest BCUT2D eigenvalue weighted by Gasteiger charge is 2.26. The number of para-hydroxylation sites is 1. The number of esters is 1. The Balaban J connectivity index is 2.17. The van der Waals surface area contributed by atoms with Crippen LogP contribution in [0.15, 0.2) is 30.5 Å². The Morgan fingerprint density at radius 2 is 1.96 bits per heavy atom. The van der Waals surface area contributed by atoms with Crippen LogP contribution < -0.4 is 16.8 Å². The van der Waals surface area contributed by atoms with Crippen LogP contribution in [0.4, 0.5) is 0 Å². The lowest BCUT2D eigenvalue weighted by Crippen LogP contribution is -2.50. The van der Waals surface area contributed by atoms with Crippen molar-refractivity contribution in [1.29, 1.82) is 0 Å². The van der Waals surface area contributed by atoms with Gasteiger partial charge in [-0.25, -0.2) is 4.79 Å². The van der Waals surface area contributed by atoms with Gasteiger partial charge in [0.2, 0.25) is 11.8 Å². The first-order valence-electron chi connectivity index (χ1n) is 8.87. The zero-order valence-electron chi connectivity index (χ0n) is 15.6. The Labute approximate surface area is 157 Å². The molecule has 8 nitrogen and oxygen atoms in total. The van der Waals surface area contributed by atoms with Crippen molar-refractivity contribution < 1.29 is 19.1 Å². The third kappa shape index (κ3) is 5.30. The maximum Gasteiger partial charge on any atom is 0.328 e. The van der Waals surface area contributed by atoms with Gasteiger partial charge in [-0.05, 0) is 25.0 Å².